The van der Waals surface area contributed by atoms with Gasteiger partial charge in [-0.2, -0.15) is 0 Å². The topological polar surface area (TPSA) is 58.4 Å². The van der Waals surface area contributed by atoms with Crippen molar-refractivity contribution in [1.82, 2.24) is 0 Å². The van der Waals surface area contributed by atoms with Crippen LogP contribution < -0.4 is 16.0 Å². The Labute approximate surface area is 107 Å². The van der Waals surface area contributed by atoms with Gasteiger partial charge in [0.15, 0.2) is 0 Å². The molecule has 4 nitrogen and oxygen atoms in total. The van der Waals surface area contributed by atoms with Crippen LogP contribution >= 0.6 is 0 Å². The highest BCUT2D eigenvalue weighted by atomic mass is 16.2. The SMILES string of the molecule is NC1C(=O)Nc2cc(N3CCCCCC3)ccc21. The minimum absolute atomic E-state index is 0.0991. The molecule has 0 aliphatic carbocycles. The molecule has 1 fully saturated rings. The summed E-state index contributed by atoms with van der Waals surface area (Å²) in [6.45, 7) is 2.22. The average molecular weight is 245 g/mol. The number of nitrogens with zero attached hydrogens (tertiary/aromatic N) is 1. The van der Waals surface area contributed by atoms with E-state index in [9.17, 15) is 4.79 Å². The number of fused-ring (bicyclic) bond motifs is 1. The van der Waals surface area contributed by atoms with Crippen LogP contribution in [0.1, 0.15) is 37.3 Å². The normalized spacial score (nSPS) is 23.5. The predicted molar refractivity (Wildman–Crippen MR) is 72.7 cm³/mol. The molecule has 2 aliphatic heterocycles. The second kappa shape index (κ2) is 4.61. The van der Waals surface area contributed by atoms with E-state index in [1.807, 2.05) is 6.07 Å². The number of amides is 1. The van der Waals surface area contributed by atoms with Crippen LogP contribution in [-0.2, 0) is 4.79 Å². The standard InChI is InChI=1S/C14H19N3O/c15-13-11-6-5-10(9-12(11)16-14(13)18)17-7-3-1-2-4-8-17/h5-6,9,13H,1-4,7-8,15H2,(H,16,18). The Kier molecular flexibility index (Phi) is 2.96. The van der Waals surface area contributed by atoms with Gasteiger partial charge in [0, 0.05) is 30.0 Å². The van der Waals surface area contributed by atoms with Crippen LogP contribution in [0.25, 0.3) is 0 Å². The summed E-state index contributed by atoms with van der Waals surface area (Å²) in [4.78, 5) is 13.9. The summed E-state index contributed by atoms with van der Waals surface area (Å²) in [6, 6.07) is 5.63. The van der Waals surface area contributed by atoms with Gasteiger partial charge in [0.25, 0.3) is 0 Å². The number of carbonyl (C=O) groups excluding carboxylic acids is 1. The van der Waals surface area contributed by atoms with E-state index < -0.39 is 6.04 Å². The molecule has 1 amide bonds. The summed E-state index contributed by atoms with van der Waals surface area (Å²) < 4.78 is 0. The second-order valence-electron chi connectivity index (χ2n) is 5.14. The Hall–Kier alpha value is -1.55. The van der Waals surface area contributed by atoms with E-state index in [0.717, 1.165) is 24.3 Å². The van der Waals surface area contributed by atoms with Crippen LogP contribution in [0.5, 0.6) is 0 Å². The molecule has 18 heavy (non-hydrogen) atoms. The molecule has 3 N–H and O–H groups in total. The molecule has 2 heterocycles. The third kappa shape index (κ3) is 1.97. The van der Waals surface area contributed by atoms with Crippen molar-refractivity contribution in [2.45, 2.75) is 31.7 Å². The van der Waals surface area contributed by atoms with Crippen molar-refractivity contribution in [3.63, 3.8) is 0 Å². The molecule has 96 valence electrons. The summed E-state index contributed by atoms with van der Waals surface area (Å²) in [6.07, 6.45) is 5.15. The number of hydrogen-bond acceptors (Lipinski definition) is 3. The van der Waals surface area contributed by atoms with Gasteiger partial charge in [0.05, 0.1) is 0 Å². The lowest BCUT2D eigenvalue weighted by Crippen LogP contribution is -2.23. The maximum atomic E-state index is 11.5. The first-order valence-corrected chi connectivity index (χ1v) is 6.71. The van der Waals surface area contributed by atoms with E-state index >= 15 is 0 Å². The number of anilines is 2. The number of nitrogens with one attached hydrogen (secondary N) is 1. The lowest BCUT2D eigenvalue weighted by Gasteiger charge is -2.23. The third-order valence-corrected chi connectivity index (χ3v) is 3.88. The van der Waals surface area contributed by atoms with Gasteiger partial charge in [0.1, 0.15) is 6.04 Å². The minimum Gasteiger partial charge on any atom is -0.371 e. The number of nitrogens with two attached hydrogens (primary N) is 1. The molecule has 0 saturated carbocycles. The molecular formula is C14H19N3O. The smallest absolute Gasteiger partial charge is 0.245 e. The Morgan fingerprint density at radius 3 is 2.61 bits per heavy atom. The number of benzene rings is 1. The van der Waals surface area contributed by atoms with Crippen LogP contribution in [0.4, 0.5) is 11.4 Å². The first-order chi connectivity index (χ1) is 8.75. The van der Waals surface area contributed by atoms with Crippen molar-refractivity contribution < 1.29 is 4.79 Å². The zero-order valence-electron chi connectivity index (χ0n) is 10.5. The summed E-state index contributed by atoms with van der Waals surface area (Å²) >= 11 is 0. The third-order valence-electron chi connectivity index (χ3n) is 3.88. The fraction of sp³-hybridized carbons (Fsp3) is 0.500. The molecule has 0 radical (unpaired) electrons. The lowest BCUT2D eigenvalue weighted by atomic mass is 10.1. The van der Waals surface area contributed by atoms with Crippen LogP contribution in [0.2, 0.25) is 0 Å². The molecule has 1 saturated heterocycles. The fourth-order valence-electron chi connectivity index (χ4n) is 2.80. The molecule has 2 aliphatic rings. The highest BCUT2D eigenvalue weighted by Gasteiger charge is 2.27. The number of hydrogen-bond donors (Lipinski definition) is 2. The van der Waals surface area contributed by atoms with Gasteiger partial charge in [-0.25, -0.2) is 0 Å². The Bertz CT molecular complexity index is 464. The van der Waals surface area contributed by atoms with E-state index in [-0.39, 0.29) is 5.91 Å². The van der Waals surface area contributed by atoms with Gasteiger partial charge in [-0.15, -0.1) is 0 Å². The fourth-order valence-corrected chi connectivity index (χ4v) is 2.80. The van der Waals surface area contributed by atoms with Crippen LogP contribution in [0.3, 0.4) is 0 Å². The highest BCUT2D eigenvalue weighted by Crippen LogP contribution is 2.33. The van der Waals surface area contributed by atoms with Gasteiger partial charge in [0.2, 0.25) is 5.91 Å². The highest BCUT2D eigenvalue weighted by molar-refractivity contribution is 6.02. The average Bonchev–Trinajstić information content (AvgIpc) is 2.61. The van der Waals surface area contributed by atoms with Gasteiger partial charge in [-0.3, -0.25) is 4.79 Å². The maximum absolute atomic E-state index is 11.5. The summed E-state index contributed by atoms with van der Waals surface area (Å²) in [7, 11) is 0. The molecule has 4 heteroatoms. The first kappa shape index (κ1) is 11.5. The van der Waals surface area contributed by atoms with Gasteiger partial charge < -0.3 is 16.0 Å². The van der Waals surface area contributed by atoms with Crippen LogP contribution in [0, 0.1) is 0 Å². The Morgan fingerprint density at radius 1 is 1.17 bits per heavy atom. The maximum Gasteiger partial charge on any atom is 0.245 e. The first-order valence-electron chi connectivity index (χ1n) is 6.71. The van der Waals surface area contributed by atoms with Crippen LogP contribution in [-0.4, -0.2) is 19.0 Å². The van der Waals surface area contributed by atoms with Gasteiger partial charge in [-0.1, -0.05) is 18.9 Å². The largest absolute Gasteiger partial charge is 0.371 e. The zero-order chi connectivity index (χ0) is 12.5. The molecule has 0 bridgehead atoms. The molecule has 1 unspecified atom stereocenters. The van der Waals surface area contributed by atoms with Crippen molar-refractivity contribution in [1.29, 1.82) is 0 Å². The monoisotopic (exact) mass is 245 g/mol. The zero-order valence-corrected chi connectivity index (χ0v) is 10.5. The molecule has 1 aromatic carbocycles. The lowest BCUT2D eigenvalue weighted by molar-refractivity contribution is -0.116. The predicted octanol–water partition coefficient (Wildman–Crippen LogP) is 2.02. The molecule has 0 spiro atoms. The molecule has 3 rings (SSSR count). The molecule has 1 atom stereocenters. The van der Waals surface area contributed by atoms with Gasteiger partial charge in [-0.05, 0) is 25.0 Å². The minimum atomic E-state index is -0.502. The van der Waals surface area contributed by atoms with E-state index in [1.54, 1.807) is 0 Å². The number of carbonyl (C=O) groups is 1. The van der Waals surface area contributed by atoms with Crippen LogP contribution in [0.15, 0.2) is 18.2 Å². The molecule has 1 aromatic rings. The Morgan fingerprint density at radius 2 is 1.89 bits per heavy atom. The van der Waals surface area contributed by atoms with E-state index in [4.69, 9.17) is 5.73 Å². The quantitative estimate of drug-likeness (QED) is 0.795. The number of rotatable bonds is 1. The van der Waals surface area contributed by atoms with E-state index in [1.165, 1.54) is 31.4 Å². The second-order valence-corrected chi connectivity index (χ2v) is 5.14. The summed E-state index contributed by atoms with van der Waals surface area (Å²) in [5, 5.41) is 2.85. The summed E-state index contributed by atoms with van der Waals surface area (Å²) in [5.74, 6) is -0.0991. The summed E-state index contributed by atoms with van der Waals surface area (Å²) in [5.41, 5.74) is 8.82. The van der Waals surface area contributed by atoms with Crippen molar-refractivity contribution >= 4 is 17.3 Å². The Balaban J connectivity index is 1.86. The van der Waals surface area contributed by atoms with Crippen molar-refractivity contribution in [3.8, 4) is 0 Å². The molecule has 0 aromatic heterocycles. The van der Waals surface area contributed by atoms with E-state index in [2.05, 4.69) is 22.3 Å². The van der Waals surface area contributed by atoms with Gasteiger partial charge >= 0.3 is 0 Å². The van der Waals surface area contributed by atoms with Crippen molar-refractivity contribution in [3.05, 3.63) is 23.8 Å². The van der Waals surface area contributed by atoms with Crippen molar-refractivity contribution in [2.75, 3.05) is 23.3 Å². The van der Waals surface area contributed by atoms with Crippen molar-refractivity contribution in [2.24, 2.45) is 5.73 Å². The molecular weight excluding hydrogens is 226 g/mol. The van der Waals surface area contributed by atoms with E-state index in [0.29, 0.717) is 0 Å².